The van der Waals surface area contributed by atoms with Crippen molar-refractivity contribution in [1.82, 2.24) is 5.32 Å². The Bertz CT molecular complexity index is 337. The molecule has 1 aromatic carbocycles. The lowest BCUT2D eigenvalue weighted by Crippen LogP contribution is -2.28. The van der Waals surface area contributed by atoms with Crippen LogP contribution in [0.25, 0.3) is 0 Å². The number of amides is 1. The van der Waals surface area contributed by atoms with Crippen LogP contribution >= 0.6 is 11.8 Å². The summed E-state index contributed by atoms with van der Waals surface area (Å²) >= 11 is 1.69. The van der Waals surface area contributed by atoms with Gasteiger partial charge in [-0.1, -0.05) is 44.2 Å². The van der Waals surface area contributed by atoms with Crippen LogP contribution in [-0.2, 0) is 4.79 Å². The Balaban J connectivity index is 2.31. The van der Waals surface area contributed by atoms with Crippen molar-refractivity contribution in [2.24, 2.45) is 5.92 Å². The van der Waals surface area contributed by atoms with Gasteiger partial charge in [0.05, 0.1) is 11.8 Å². The van der Waals surface area contributed by atoms with Crippen molar-refractivity contribution in [2.45, 2.75) is 26.8 Å². The number of benzene rings is 1. The van der Waals surface area contributed by atoms with E-state index in [2.05, 4.69) is 19.2 Å². The number of nitrogens with one attached hydrogen (secondary N) is 1. The molecule has 0 aliphatic carbocycles. The highest BCUT2D eigenvalue weighted by molar-refractivity contribution is 7.99. The minimum absolute atomic E-state index is 0.0864. The Hall–Kier alpha value is -0.960. The molecule has 0 radical (unpaired) electrons. The van der Waals surface area contributed by atoms with E-state index in [0.717, 1.165) is 11.3 Å². The van der Waals surface area contributed by atoms with E-state index in [9.17, 15) is 4.79 Å². The van der Waals surface area contributed by atoms with Crippen LogP contribution in [0.1, 0.15) is 32.4 Å². The van der Waals surface area contributed by atoms with E-state index in [0.29, 0.717) is 11.7 Å². The van der Waals surface area contributed by atoms with Crippen molar-refractivity contribution in [3.63, 3.8) is 0 Å². The van der Waals surface area contributed by atoms with Gasteiger partial charge in [0.2, 0.25) is 5.91 Å². The molecular formula is C14H21NOS. The highest BCUT2D eigenvalue weighted by Crippen LogP contribution is 2.12. The third-order valence-corrected chi connectivity index (χ3v) is 3.73. The average molecular weight is 251 g/mol. The molecule has 3 heteroatoms. The summed E-state index contributed by atoms with van der Waals surface area (Å²) in [7, 11) is 0. The Labute approximate surface area is 108 Å². The van der Waals surface area contributed by atoms with Crippen LogP contribution in [0.15, 0.2) is 30.3 Å². The van der Waals surface area contributed by atoms with Crippen LogP contribution in [0, 0.1) is 5.92 Å². The molecule has 0 bridgehead atoms. The summed E-state index contributed by atoms with van der Waals surface area (Å²) in [5, 5.41) is 3.01. The van der Waals surface area contributed by atoms with Crippen molar-refractivity contribution in [1.29, 1.82) is 0 Å². The fraction of sp³-hybridized carbons (Fsp3) is 0.500. The van der Waals surface area contributed by atoms with Gasteiger partial charge in [-0.05, 0) is 24.2 Å². The first-order chi connectivity index (χ1) is 8.09. The number of carbonyl (C=O) groups is 1. The van der Waals surface area contributed by atoms with E-state index in [1.54, 1.807) is 11.8 Å². The summed E-state index contributed by atoms with van der Waals surface area (Å²) in [5.41, 5.74) is 1.15. The van der Waals surface area contributed by atoms with Crippen LogP contribution in [0.3, 0.4) is 0 Å². The van der Waals surface area contributed by atoms with E-state index in [1.807, 2.05) is 37.3 Å². The van der Waals surface area contributed by atoms with Gasteiger partial charge in [-0.25, -0.2) is 0 Å². The lowest BCUT2D eigenvalue weighted by atomic mass is 10.1. The van der Waals surface area contributed by atoms with Gasteiger partial charge < -0.3 is 5.32 Å². The molecule has 17 heavy (non-hydrogen) atoms. The highest BCUT2D eigenvalue weighted by Gasteiger charge is 2.09. The highest BCUT2D eigenvalue weighted by atomic mass is 32.2. The Morgan fingerprint density at radius 1 is 1.24 bits per heavy atom. The normalized spacial score (nSPS) is 12.5. The van der Waals surface area contributed by atoms with E-state index < -0.39 is 0 Å². The van der Waals surface area contributed by atoms with Crippen LogP contribution in [-0.4, -0.2) is 17.4 Å². The topological polar surface area (TPSA) is 29.1 Å². The maximum atomic E-state index is 11.7. The number of hydrogen-bond donors (Lipinski definition) is 1. The van der Waals surface area contributed by atoms with Gasteiger partial charge in [0, 0.05) is 0 Å². The fourth-order valence-corrected chi connectivity index (χ4v) is 2.35. The minimum Gasteiger partial charge on any atom is -0.349 e. The third kappa shape index (κ3) is 5.78. The van der Waals surface area contributed by atoms with Crippen molar-refractivity contribution in [3.8, 4) is 0 Å². The first-order valence-corrected chi connectivity index (χ1v) is 7.17. The first-order valence-electron chi connectivity index (χ1n) is 6.01. The van der Waals surface area contributed by atoms with Crippen molar-refractivity contribution in [3.05, 3.63) is 35.9 Å². The molecule has 0 heterocycles. The molecule has 0 aliphatic heterocycles. The summed E-state index contributed by atoms with van der Waals surface area (Å²) in [5.74, 6) is 2.34. The number of rotatable bonds is 6. The predicted molar refractivity (Wildman–Crippen MR) is 75.2 cm³/mol. The second-order valence-corrected chi connectivity index (χ2v) is 5.64. The van der Waals surface area contributed by atoms with Gasteiger partial charge >= 0.3 is 0 Å². The molecule has 0 aromatic heterocycles. The third-order valence-electron chi connectivity index (χ3n) is 2.36. The van der Waals surface area contributed by atoms with Gasteiger partial charge in [0.15, 0.2) is 0 Å². The summed E-state index contributed by atoms with van der Waals surface area (Å²) in [6.45, 7) is 6.34. The molecule has 1 aromatic rings. The molecule has 1 unspecified atom stereocenters. The van der Waals surface area contributed by atoms with Crippen LogP contribution in [0.5, 0.6) is 0 Å². The standard InChI is InChI=1S/C14H21NOS/c1-11(2)9-17-10-14(16)15-12(3)13-7-5-4-6-8-13/h4-8,11-12H,9-10H2,1-3H3,(H,15,16). The van der Waals surface area contributed by atoms with Crippen molar-refractivity contribution < 1.29 is 4.79 Å². The summed E-state index contributed by atoms with van der Waals surface area (Å²) in [4.78, 5) is 11.7. The average Bonchev–Trinajstić information content (AvgIpc) is 2.29. The smallest absolute Gasteiger partial charge is 0.230 e. The predicted octanol–water partition coefficient (Wildman–Crippen LogP) is 3.25. The largest absolute Gasteiger partial charge is 0.349 e. The molecular weight excluding hydrogens is 230 g/mol. The zero-order valence-corrected chi connectivity index (χ0v) is 11.6. The zero-order chi connectivity index (χ0) is 12.7. The van der Waals surface area contributed by atoms with Crippen LogP contribution in [0.4, 0.5) is 0 Å². The molecule has 94 valence electrons. The molecule has 2 nitrogen and oxygen atoms in total. The summed E-state index contributed by atoms with van der Waals surface area (Å²) in [6, 6.07) is 10.1. The second-order valence-electron chi connectivity index (χ2n) is 4.61. The molecule has 1 amide bonds. The Morgan fingerprint density at radius 2 is 1.88 bits per heavy atom. The Morgan fingerprint density at radius 3 is 2.47 bits per heavy atom. The quantitative estimate of drug-likeness (QED) is 0.841. The van der Waals surface area contributed by atoms with Gasteiger partial charge in [-0.2, -0.15) is 11.8 Å². The molecule has 0 saturated heterocycles. The maximum absolute atomic E-state index is 11.7. The monoisotopic (exact) mass is 251 g/mol. The van der Waals surface area contributed by atoms with Crippen molar-refractivity contribution >= 4 is 17.7 Å². The van der Waals surface area contributed by atoms with Gasteiger partial charge in [-0.15, -0.1) is 0 Å². The van der Waals surface area contributed by atoms with Crippen LogP contribution < -0.4 is 5.32 Å². The van der Waals surface area contributed by atoms with E-state index in [-0.39, 0.29) is 11.9 Å². The van der Waals surface area contributed by atoms with Crippen molar-refractivity contribution in [2.75, 3.05) is 11.5 Å². The minimum atomic E-state index is 0.0864. The van der Waals surface area contributed by atoms with Crippen LogP contribution in [0.2, 0.25) is 0 Å². The molecule has 1 atom stereocenters. The first kappa shape index (κ1) is 14.1. The molecule has 1 N–H and O–H groups in total. The summed E-state index contributed by atoms with van der Waals surface area (Å²) in [6.07, 6.45) is 0. The summed E-state index contributed by atoms with van der Waals surface area (Å²) < 4.78 is 0. The fourth-order valence-electron chi connectivity index (χ4n) is 1.50. The number of carbonyl (C=O) groups excluding carboxylic acids is 1. The number of thioether (sulfide) groups is 1. The SMILES string of the molecule is CC(C)CSCC(=O)NC(C)c1ccccc1. The van der Waals surface area contributed by atoms with E-state index in [4.69, 9.17) is 0 Å². The van der Waals surface area contributed by atoms with Gasteiger partial charge in [0.25, 0.3) is 0 Å². The molecule has 1 rings (SSSR count). The zero-order valence-electron chi connectivity index (χ0n) is 10.8. The maximum Gasteiger partial charge on any atom is 0.230 e. The van der Waals surface area contributed by atoms with Gasteiger partial charge in [0.1, 0.15) is 0 Å². The Kier molecular flexibility index (Phi) is 6.12. The second kappa shape index (κ2) is 7.38. The van der Waals surface area contributed by atoms with E-state index >= 15 is 0 Å². The molecule has 0 spiro atoms. The molecule has 0 aliphatic rings. The number of hydrogen-bond acceptors (Lipinski definition) is 2. The molecule has 0 fully saturated rings. The lowest BCUT2D eigenvalue weighted by Gasteiger charge is -2.14. The van der Waals surface area contributed by atoms with Gasteiger partial charge in [-0.3, -0.25) is 4.79 Å². The lowest BCUT2D eigenvalue weighted by molar-refractivity contribution is -0.119. The van der Waals surface area contributed by atoms with E-state index in [1.165, 1.54) is 0 Å². The molecule has 0 saturated carbocycles.